The minimum Gasteiger partial charge on any atom is -0.436 e. The topological polar surface area (TPSA) is 55.1 Å². The summed E-state index contributed by atoms with van der Waals surface area (Å²) < 4.78 is 6.01. The molecule has 4 nitrogen and oxygen atoms in total. The van der Waals surface area contributed by atoms with Crippen molar-refractivity contribution in [3.05, 3.63) is 82.4 Å². The number of oxazole rings is 1. The average molecular weight is 370 g/mol. The second kappa shape index (κ2) is 6.97. The number of fused-ring (bicyclic) bond motifs is 1. The molecule has 3 aromatic carbocycles. The zero-order valence-corrected chi connectivity index (χ0v) is 16.5. The van der Waals surface area contributed by atoms with Crippen LogP contribution in [0.3, 0.4) is 0 Å². The number of anilines is 1. The fourth-order valence-corrected chi connectivity index (χ4v) is 3.29. The third kappa shape index (κ3) is 3.41. The number of rotatable bonds is 3. The van der Waals surface area contributed by atoms with Gasteiger partial charge >= 0.3 is 0 Å². The van der Waals surface area contributed by atoms with Crippen molar-refractivity contribution >= 4 is 22.7 Å². The van der Waals surface area contributed by atoms with Crippen molar-refractivity contribution in [2.45, 2.75) is 27.7 Å². The van der Waals surface area contributed by atoms with Crippen molar-refractivity contribution in [2.24, 2.45) is 0 Å². The Hall–Kier alpha value is -3.40. The van der Waals surface area contributed by atoms with E-state index in [0.29, 0.717) is 11.5 Å². The Morgan fingerprint density at radius 2 is 1.61 bits per heavy atom. The minimum absolute atomic E-state index is 0.135. The lowest BCUT2D eigenvalue weighted by Crippen LogP contribution is -2.12. The number of aromatic nitrogens is 1. The van der Waals surface area contributed by atoms with Gasteiger partial charge in [-0.3, -0.25) is 4.79 Å². The van der Waals surface area contributed by atoms with Crippen LogP contribution in [0.2, 0.25) is 0 Å². The third-order valence-corrected chi connectivity index (χ3v) is 4.87. The molecule has 4 heteroatoms. The van der Waals surface area contributed by atoms with Crippen LogP contribution >= 0.6 is 0 Å². The number of benzene rings is 3. The van der Waals surface area contributed by atoms with Crippen LogP contribution in [0, 0.1) is 27.7 Å². The summed E-state index contributed by atoms with van der Waals surface area (Å²) in [5.41, 5.74) is 8.17. The predicted molar refractivity (Wildman–Crippen MR) is 113 cm³/mol. The highest BCUT2D eigenvalue weighted by atomic mass is 16.3. The van der Waals surface area contributed by atoms with Crippen LogP contribution in [0.1, 0.15) is 32.6 Å². The third-order valence-electron chi connectivity index (χ3n) is 4.87. The maximum absolute atomic E-state index is 12.6. The highest BCUT2D eigenvalue weighted by Crippen LogP contribution is 2.30. The highest BCUT2D eigenvalue weighted by Gasteiger charge is 2.14. The summed E-state index contributed by atoms with van der Waals surface area (Å²) in [4.78, 5) is 17.2. The van der Waals surface area contributed by atoms with E-state index in [-0.39, 0.29) is 5.91 Å². The lowest BCUT2D eigenvalue weighted by Gasteiger charge is -2.10. The Bertz CT molecular complexity index is 1190. The van der Waals surface area contributed by atoms with E-state index in [2.05, 4.69) is 16.4 Å². The summed E-state index contributed by atoms with van der Waals surface area (Å²) in [6.07, 6.45) is 0. The van der Waals surface area contributed by atoms with E-state index in [4.69, 9.17) is 4.42 Å². The van der Waals surface area contributed by atoms with Crippen LogP contribution in [0.4, 0.5) is 5.69 Å². The van der Waals surface area contributed by atoms with Crippen molar-refractivity contribution in [3.63, 3.8) is 0 Å². The van der Waals surface area contributed by atoms with Crippen molar-refractivity contribution < 1.29 is 9.21 Å². The number of hydrogen-bond donors (Lipinski definition) is 1. The normalized spacial score (nSPS) is 11.0. The maximum Gasteiger partial charge on any atom is 0.255 e. The van der Waals surface area contributed by atoms with Gasteiger partial charge in [0.15, 0.2) is 5.58 Å². The summed E-state index contributed by atoms with van der Waals surface area (Å²) in [6, 6.07) is 17.5. The molecule has 0 saturated carbocycles. The summed E-state index contributed by atoms with van der Waals surface area (Å²) in [5, 5.41) is 3.00. The first-order valence-electron chi connectivity index (χ1n) is 9.27. The second-order valence-corrected chi connectivity index (χ2v) is 7.30. The molecule has 4 rings (SSSR count). The summed E-state index contributed by atoms with van der Waals surface area (Å²) in [5.74, 6) is 0.416. The molecule has 4 aromatic rings. The molecule has 0 unspecified atom stereocenters. The number of hydrogen-bond acceptors (Lipinski definition) is 3. The zero-order valence-electron chi connectivity index (χ0n) is 16.5. The van der Waals surface area contributed by atoms with E-state index >= 15 is 0 Å². The fraction of sp³-hybridized carbons (Fsp3) is 0.167. The smallest absolute Gasteiger partial charge is 0.255 e. The number of aryl methyl sites for hydroxylation is 4. The Kier molecular flexibility index (Phi) is 4.47. The molecule has 0 spiro atoms. The number of nitrogens with one attached hydrogen (secondary N) is 1. The van der Waals surface area contributed by atoms with Crippen molar-refractivity contribution in [1.29, 1.82) is 0 Å². The summed E-state index contributed by atoms with van der Waals surface area (Å²) in [7, 11) is 0. The van der Waals surface area contributed by atoms with Gasteiger partial charge in [-0.1, -0.05) is 29.8 Å². The number of nitrogens with zero attached hydrogens (tertiary/aromatic N) is 1. The molecule has 0 atom stereocenters. The Morgan fingerprint density at radius 1 is 0.857 bits per heavy atom. The van der Waals surface area contributed by atoms with Gasteiger partial charge in [-0.15, -0.1) is 0 Å². The van der Waals surface area contributed by atoms with Crippen LogP contribution in [0.5, 0.6) is 0 Å². The molecule has 1 amide bonds. The molecule has 0 saturated heterocycles. The molecular formula is C24H22N2O2. The largest absolute Gasteiger partial charge is 0.436 e. The van der Waals surface area contributed by atoms with E-state index in [9.17, 15) is 4.79 Å². The minimum atomic E-state index is -0.135. The molecule has 0 fully saturated rings. The molecule has 1 N–H and O–H groups in total. The van der Waals surface area contributed by atoms with E-state index in [1.807, 2.05) is 76.2 Å². The predicted octanol–water partition coefficient (Wildman–Crippen LogP) is 5.98. The second-order valence-electron chi connectivity index (χ2n) is 7.30. The monoisotopic (exact) mass is 370 g/mol. The van der Waals surface area contributed by atoms with Gasteiger partial charge in [0.25, 0.3) is 5.91 Å². The maximum atomic E-state index is 12.6. The lowest BCUT2D eigenvalue weighted by molar-refractivity contribution is 0.102. The first-order valence-corrected chi connectivity index (χ1v) is 9.27. The molecule has 1 aromatic heterocycles. The first-order chi connectivity index (χ1) is 13.4. The van der Waals surface area contributed by atoms with Gasteiger partial charge in [-0.2, -0.15) is 0 Å². The highest BCUT2D eigenvalue weighted by molar-refractivity contribution is 6.05. The average Bonchev–Trinajstić information content (AvgIpc) is 3.08. The lowest BCUT2D eigenvalue weighted by atomic mass is 10.1. The SMILES string of the molecule is Cc1ccc(C(=O)Nc2cc(-c3nc4cc(C)cc(C)c4o3)ccc2C)cc1. The van der Waals surface area contributed by atoms with Crippen LogP contribution < -0.4 is 5.32 Å². The molecule has 0 aliphatic heterocycles. The van der Waals surface area contributed by atoms with Gasteiger partial charge in [-0.25, -0.2) is 4.98 Å². The van der Waals surface area contributed by atoms with E-state index < -0.39 is 0 Å². The molecule has 0 aliphatic carbocycles. The first kappa shape index (κ1) is 18.0. The van der Waals surface area contributed by atoms with Crippen LogP contribution in [-0.2, 0) is 0 Å². The fourth-order valence-electron chi connectivity index (χ4n) is 3.29. The number of amides is 1. The molecule has 0 bridgehead atoms. The van der Waals surface area contributed by atoms with Gasteiger partial charge < -0.3 is 9.73 Å². The number of carbonyl (C=O) groups is 1. The molecule has 140 valence electrons. The van der Waals surface area contributed by atoms with Crippen LogP contribution in [0.25, 0.3) is 22.6 Å². The zero-order chi connectivity index (χ0) is 19.8. The van der Waals surface area contributed by atoms with Gasteiger partial charge in [0.1, 0.15) is 5.52 Å². The Morgan fingerprint density at radius 3 is 2.36 bits per heavy atom. The van der Waals surface area contributed by atoms with Crippen LogP contribution in [-0.4, -0.2) is 10.9 Å². The molecule has 28 heavy (non-hydrogen) atoms. The van der Waals surface area contributed by atoms with E-state index in [1.54, 1.807) is 0 Å². The van der Waals surface area contributed by atoms with E-state index in [1.165, 1.54) is 0 Å². The Balaban J connectivity index is 1.68. The standard InChI is InChI=1S/C24H22N2O2/c1-14-5-8-18(9-6-14)23(27)25-20-13-19(10-7-16(20)3)24-26-21-12-15(2)11-17(4)22(21)28-24/h5-13H,1-4H3,(H,25,27). The molecule has 1 heterocycles. The van der Waals surface area contributed by atoms with Gasteiger partial charge in [0.2, 0.25) is 5.89 Å². The quantitative estimate of drug-likeness (QED) is 0.482. The van der Waals surface area contributed by atoms with Crippen LogP contribution in [0.15, 0.2) is 59.0 Å². The number of carbonyl (C=O) groups excluding carboxylic acids is 1. The molecular weight excluding hydrogens is 348 g/mol. The molecule has 0 aliphatic rings. The summed E-state index contributed by atoms with van der Waals surface area (Å²) in [6.45, 7) is 8.03. The van der Waals surface area contributed by atoms with Crippen molar-refractivity contribution in [3.8, 4) is 11.5 Å². The Labute approximate surface area is 164 Å². The van der Waals surface area contributed by atoms with Crippen molar-refractivity contribution in [2.75, 3.05) is 5.32 Å². The van der Waals surface area contributed by atoms with Gasteiger partial charge in [0.05, 0.1) is 0 Å². The summed E-state index contributed by atoms with van der Waals surface area (Å²) >= 11 is 0. The molecule has 0 radical (unpaired) electrons. The van der Waals surface area contributed by atoms with Gasteiger partial charge in [-0.05, 0) is 74.7 Å². The van der Waals surface area contributed by atoms with Gasteiger partial charge in [0, 0.05) is 16.8 Å². The van der Waals surface area contributed by atoms with Crippen molar-refractivity contribution in [1.82, 2.24) is 4.98 Å². The van der Waals surface area contributed by atoms with E-state index in [0.717, 1.165) is 44.6 Å².